The molecule has 6 heteroatoms. The molecule has 2 heterocycles. The topological polar surface area (TPSA) is 70.1 Å². The molecule has 0 aromatic heterocycles. The number of aliphatic hydroxyl groups is 1. The Morgan fingerprint density at radius 1 is 1.24 bits per heavy atom. The first-order valence-corrected chi connectivity index (χ1v) is 10.4. The van der Waals surface area contributed by atoms with Gasteiger partial charge in [0.15, 0.2) is 0 Å². The molecule has 3 atom stereocenters. The van der Waals surface area contributed by atoms with Gasteiger partial charge in [-0.3, -0.25) is 9.59 Å². The van der Waals surface area contributed by atoms with Crippen LogP contribution in [0, 0.1) is 17.8 Å². The van der Waals surface area contributed by atoms with Gasteiger partial charge in [-0.2, -0.15) is 0 Å². The number of hydrogen-bond donors (Lipinski definition) is 1. The molecule has 1 aromatic rings. The Balaban J connectivity index is 1.49. The van der Waals surface area contributed by atoms with Gasteiger partial charge in [-0.1, -0.05) is 36.8 Å². The number of amides is 2. The molecule has 1 aliphatic carbocycles. The van der Waals surface area contributed by atoms with Gasteiger partial charge in [-0.05, 0) is 30.5 Å². The van der Waals surface area contributed by atoms with Crippen molar-refractivity contribution in [3.63, 3.8) is 0 Å². The second-order valence-corrected chi connectivity index (χ2v) is 8.22. The van der Waals surface area contributed by atoms with E-state index in [1.54, 1.807) is 9.80 Å². The maximum Gasteiger partial charge on any atom is 0.249 e. The quantitative estimate of drug-likeness (QED) is 0.781. The smallest absolute Gasteiger partial charge is 0.249 e. The van der Waals surface area contributed by atoms with Crippen LogP contribution in [-0.4, -0.2) is 72.2 Å². The summed E-state index contributed by atoms with van der Waals surface area (Å²) in [6, 6.07) is 7.79. The van der Waals surface area contributed by atoms with Crippen molar-refractivity contribution < 1.29 is 19.4 Å². The lowest BCUT2D eigenvalue weighted by molar-refractivity contribution is -0.168. The molecule has 3 fully saturated rings. The average Bonchev–Trinajstić information content (AvgIpc) is 3.22. The maximum atomic E-state index is 12.5. The van der Waals surface area contributed by atoms with Gasteiger partial charge in [0.1, 0.15) is 6.61 Å². The lowest BCUT2D eigenvalue weighted by atomic mass is 9.73. The molecule has 154 valence electrons. The van der Waals surface area contributed by atoms with Crippen molar-refractivity contribution >= 4 is 11.8 Å². The van der Waals surface area contributed by atoms with Crippen LogP contribution in [0.15, 0.2) is 24.3 Å². The number of fused-ring (bicyclic) bond motifs is 1. The minimum Gasteiger partial charge on any atom is -0.394 e. The molecule has 1 N–H and O–H groups in total. The first-order chi connectivity index (χ1) is 14.1. The van der Waals surface area contributed by atoms with E-state index in [0.717, 1.165) is 11.1 Å². The van der Waals surface area contributed by atoms with Crippen LogP contribution in [0.4, 0.5) is 0 Å². The van der Waals surface area contributed by atoms with Crippen molar-refractivity contribution in [2.24, 2.45) is 5.92 Å². The first-order valence-electron chi connectivity index (χ1n) is 10.4. The SMILES string of the molecule is COCC(=O)N1CC(=O)N2[C@H](CO)[C@H](c3ccc(C#CC4CCCC4)cc3)[C@@H]2C1. The molecule has 1 aromatic carbocycles. The second-order valence-electron chi connectivity index (χ2n) is 8.22. The third-order valence-electron chi connectivity index (χ3n) is 6.44. The van der Waals surface area contributed by atoms with E-state index in [1.807, 2.05) is 24.3 Å². The third-order valence-corrected chi connectivity index (χ3v) is 6.44. The van der Waals surface area contributed by atoms with Crippen molar-refractivity contribution in [3.8, 4) is 11.8 Å². The van der Waals surface area contributed by atoms with Crippen molar-refractivity contribution in [1.82, 2.24) is 9.80 Å². The Morgan fingerprint density at radius 2 is 1.97 bits per heavy atom. The summed E-state index contributed by atoms with van der Waals surface area (Å²) in [5, 5.41) is 9.88. The van der Waals surface area contributed by atoms with Gasteiger partial charge >= 0.3 is 0 Å². The first kappa shape index (κ1) is 19.9. The molecule has 29 heavy (non-hydrogen) atoms. The van der Waals surface area contributed by atoms with E-state index in [0.29, 0.717) is 12.5 Å². The fraction of sp³-hybridized carbons (Fsp3) is 0.565. The van der Waals surface area contributed by atoms with E-state index < -0.39 is 0 Å². The predicted octanol–water partition coefficient (Wildman–Crippen LogP) is 1.37. The number of carbonyl (C=O) groups excluding carboxylic acids is 2. The van der Waals surface area contributed by atoms with Crippen molar-refractivity contribution in [3.05, 3.63) is 35.4 Å². The molecule has 3 aliphatic rings. The molecule has 2 saturated heterocycles. The summed E-state index contributed by atoms with van der Waals surface area (Å²) in [7, 11) is 1.47. The van der Waals surface area contributed by atoms with E-state index in [2.05, 4.69) is 11.8 Å². The molecule has 1 saturated carbocycles. The molecule has 0 radical (unpaired) electrons. The van der Waals surface area contributed by atoms with E-state index in [-0.39, 0.29) is 49.6 Å². The van der Waals surface area contributed by atoms with E-state index in [9.17, 15) is 14.7 Å². The highest BCUT2D eigenvalue weighted by Gasteiger charge is 2.54. The number of carbonyl (C=O) groups is 2. The van der Waals surface area contributed by atoms with Crippen LogP contribution < -0.4 is 0 Å². The molecular weight excluding hydrogens is 368 g/mol. The Bertz CT molecular complexity index is 820. The molecular formula is C23H28N2O4. The summed E-state index contributed by atoms with van der Waals surface area (Å²) in [5.41, 5.74) is 2.07. The fourth-order valence-electron chi connectivity index (χ4n) is 4.95. The standard InChI is InChI=1S/C23H28N2O4/c1-29-15-22(28)24-12-19-23(20(14-26)25(19)21(27)13-24)18-10-8-17(9-11-18)7-6-16-4-2-3-5-16/h8-11,16,19-20,23,26H,2-5,12-15H2,1H3/t19-,20+,23+/m0/s1. The van der Waals surface area contributed by atoms with Crippen LogP contribution in [0.3, 0.4) is 0 Å². The molecule has 0 spiro atoms. The number of hydrogen-bond acceptors (Lipinski definition) is 4. The van der Waals surface area contributed by atoms with Crippen molar-refractivity contribution in [1.29, 1.82) is 0 Å². The summed E-state index contributed by atoms with van der Waals surface area (Å²) in [4.78, 5) is 28.1. The van der Waals surface area contributed by atoms with Crippen LogP contribution in [0.25, 0.3) is 0 Å². The second kappa shape index (κ2) is 8.56. The Morgan fingerprint density at radius 3 is 2.62 bits per heavy atom. The molecule has 2 amide bonds. The summed E-state index contributed by atoms with van der Waals surface area (Å²) < 4.78 is 4.93. The number of benzene rings is 1. The lowest BCUT2D eigenvalue weighted by Crippen LogP contribution is -2.73. The van der Waals surface area contributed by atoms with Crippen LogP contribution in [0.2, 0.25) is 0 Å². The van der Waals surface area contributed by atoms with Crippen LogP contribution in [-0.2, 0) is 14.3 Å². The zero-order valence-electron chi connectivity index (χ0n) is 16.8. The van der Waals surface area contributed by atoms with Gasteiger partial charge in [0.2, 0.25) is 11.8 Å². The molecule has 6 nitrogen and oxygen atoms in total. The molecule has 0 unspecified atom stereocenters. The fourth-order valence-corrected chi connectivity index (χ4v) is 4.95. The summed E-state index contributed by atoms with van der Waals surface area (Å²) in [6.45, 7) is 0.417. The van der Waals surface area contributed by atoms with Gasteiger partial charge < -0.3 is 19.6 Å². The van der Waals surface area contributed by atoms with Crippen molar-refractivity contribution in [2.75, 3.05) is 33.4 Å². The highest BCUT2D eigenvalue weighted by molar-refractivity contribution is 5.88. The zero-order chi connectivity index (χ0) is 20.4. The van der Waals surface area contributed by atoms with E-state index in [1.165, 1.54) is 32.8 Å². The minimum atomic E-state index is -0.234. The van der Waals surface area contributed by atoms with Gasteiger partial charge in [-0.15, -0.1) is 0 Å². The average molecular weight is 396 g/mol. The number of rotatable bonds is 4. The number of methoxy groups -OCH3 is 1. The maximum absolute atomic E-state index is 12.5. The Kier molecular flexibility index (Phi) is 5.89. The highest BCUT2D eigenvalue weighted by atomic mass is 16.5. The van der Waals surface area contributed by atoms with E-state index in [4.69, 9.17) is 4.74 Å². The van der Waals surface area contributed by atoms with Crippen LogP contribution in [0.1, 0.15) is 42.7 Å². The highest BCUT2D eigenvalue weighted by Crippen LogP contribution is 2.42. The number of aliphatic hydroxyl groups excluding tert-OH is 1. The number of piperazine rings is 1. The summed E-state index contributed by atoms with van der Waals surface area (Å²) in [5.74, 6) is 6.91. The number of nitrogens with zero attached hydrogens (tertiary/aromatic N) is 2. The van der Waals surface area contributed by atoms with Gasteiger partial charge in [-0.25, -0.2) is 0 Å². The number of ether oxygens (including phenoxy) is 1. The van der Waals surface area contributed by atoms with Crippen LogP contribution >= 0.6 is 0 Å². The lowest BCUT2D eigenvalue weighted by Gasteiger charge is -2.58. The zero-order valence-corrected chi connectivity index (χ0v) is 16.8. The minimum absolute atomic E-state index is 0.0129. The van der Waals surface area contributed by atoms with Crippen molar-refractivity contribution in [2.45, 2.75) is 43.7 Å². The summed E-state index contributed by atoms with van der Waals surface area (Å²) >= 11 is 0. The normalized spacial score (nSPS) is 26.6. The predicted molar refractivity (Wildman–Crippen MR) is 108 cm³/mol. The third kappa shape index (κ3) is 3.90. The van der Waals surface area contributed by atoms with Gasteiger partial charge in [0.25, 0.3) is 0 Å². The molecule has 2 aliphatic heterocycles. The van der Waals surface area contributed by atoms with Gasteiger partial charge in [0, 0.05) is 31.1 Å². The van der Waals surface area contributed by atoms with Gasteiger partial charge in [0.05, 0.1) is 25.2 Å². The molecule has 0 bridgehead atoms. The van der Waals surface area contributed by atoms with E-state index >= 15 is 0 Å². The van der Waals surface area contributed by atoms with Crippen LogP contribution in [0.5, 0.6) is 0 Å². The molecule has 4 rings (SSSR count). The Hall–Kier alpha value is -2.36. The largest absolute Gasteiger partial charge is 0.394 e. The summed E-state index contributed by atoms with van der Waals surface area (Å²) in [6.07, 6.45) is 4.97. The Labute approximate surface area is 171 Å². The monoisotopic (exact) mass is 396 g/mol.